The number of methoxy groups -OCH3 is 1. The third-order valence-corrected chi connectivity index (χ3v) is 3.51. The van der Waals surface area contributed by atoms with Crippen molar-refractivity contribution < 1.29 is 23.1 Å². The molecule has 0 aromatic rings. The van der Waals surface area contributed by atoms with Gasteiger partial charge in [-0.1, -0.05) is 13.8 Å². The average Bonchev–Trinajstić information content (AvgIpc) is 2.34. The van der Waals surface area contributed by atoms with Gasteiger partial charge in [-0.15, -0.1) is 0 Å². The molecule has 1 aliphatic carbocycles. The van der Waals surface area contributed by atoms with Crippen LogP contribution in [0.2, 0.25) is 0 Å². The van der Waals surface area contributed by atoms with Crippen molar-refractivity contribution in [1.82, 2.24) is 5.32 Å². The fourth-order valence-corrected chi connectivity index (χ4v) is 2.20. The lowest BCUT2D eigenvalue weighted by Crippen LogP contribution is -2.48. The molecule has 0 radical (unpaired) electrons. The van der Waals surface area contributed by atoms with Crippen LogP contribution in [0.15, 0.2) is 0 Å². The van der Waals surface area contributed by atoms with Gasteiger partial charge in [0.25, 0.3) is 0 Å². The highest BCUT2D eigenvalue weighted by molar-refractivity contribution is 5.85. The van der Waals surface area contributed by atoms with E-state index in [2.05, 4.69) is 10.1 Å². The summed E-state index contributed by atoms with van der Waals surface area (Å²) in [4.78, 5) is 23.5. The van der Waals surface area contributed by atoms with E-state index in [1.54, 1.807) is 13.8 Å². The summed E-state index contributed by atoms with van der Waals surface area (Å²) in [6.45, 7) is 3.58. The molecule has 6 heteroatoms. The molecule has 1 rings (SSSR count). The molecule has 19 heavy (non-hydrogen) atoms. The maximum Gasteiger partial charge on any atom is 0.328 e. The summed E-state index contributed by atoms with van der Waals surface area (Å²) < 4.78 is 30.6. The molecular weight excluding hydrogens is 256 g/mol. The van der Waals surface area contributed by atoms with E-state index in [0.717, 1.165) is 0 Å². The summed E-state index contributed by atoms with van der Waals surface area (Å²) in [5.41, 5.74) is 0. The van der Waals surface area contributed by atoms with Crippen molar-refractivity contribution in [2.75, 3.05) is 7.11 Å². The van der Waals surface area contributed by atoms with Crippen molar-refractivity contribution in [1.29, 1.82) is 0 Å². The molecule has 110 valence electrons. The van der Waals surface area contributed by atoms with E-state index < -0.39 is 23.9 Å². The van der Waals surface area contributed by atoms with Gasteiger partial charge in [-0.05, 0) is 18.8 Å². The maximum absolute atomic E-state index is 13.0. The van der Waals surface area contributed by atoms with Crippen LogP contribution in [-0.2, 0) is 14.3 Å². The van der Waals surface area contributed by atoms with Crippen molar-refractivity contribution in [3.05, 3.63) is 0 Å². The van der Waals surface area contributed by atoms with Crippen molar-refractivity contribution in [2.45, 2.75) is 51.5 Å². The third-order valence-electron chi connectivity index (χ3n) is 3.51. The lowest BCUT2D eigenvalue weighted by molar-refractivity contribution is -0.147. The van der Waals surface area contributed by atoms with Crippen molar-refractivity contribution in [3.63, 3.8) is 0 Å². The molecule has 0 bridgehead atoms. The first kappa shape index (κ1) is 15.9. The molecule has 0 spiro atoms. The van der Waals surface area contributed by atoms with Gasteiger partial charge >= 0.3 is 5.97 Å². The van der Waals surface area contributed by atoms with Gasteiger partial charge < -0.3 is 10.1 Å². The molecule has 1 atom stereocenters. The maximum atomic E-state index is 13.0. The van der Waals surface area contributed by atoms with Gasteiger partial charge in [0.2, 0.25) is 11.8 Å². The number of rotatable bonds is 4. The van der Waals surface area contributed by atoms with E-state index in [4.69, 9.17) is 0 Å². The van der Waals surface area contributed by atoms with E-state index >= 15 is 0 Å². The van der Waals surface area contributed by atoms with E-state index in [9.17, 15) is 18.4 Å². The fourth-order valence-electron chi connectivity index (χ4n) is 2.20. The number of esters is 1. The Balaban J connectivity index is 2.56. The van der Waals surface area contributed by atoms with Gasteiger partial charge in [0.15, 0.2) is 0 Å². The average molecular weight is 277 g/mol. The predicted molar refractivity (Wildman–Crippen MR) is 65.7 cm³/mol. The number of carbonyl (C=O) groups is 2. The Kier molecular flexibility index (Phi) is 5.26. The quantitative estimate of drug-likeness (QED) is 0.801. The first-order chi connectivity index (χ1) is 8.76. The molecule has 4 nitrogen and oxygen atoms in total. The molecule has 1 saturated carbocycles. The molecule has 0 aromatic heterocycles. The van der Waals surface area contributed by atoms with Gasteiger partial charge in [-0.2, -0.15) is 0 Å². The summed E-state index contributed by atoms with van der Waals surface area (Å²) in [5.74, 6) is -4.05. The molecule has 1 N–H and O–H groups in total. The standard InChI is InChI=1S/C13H21F2NO3/c1-8(2)10(12(18)19-3)16-11(17)9-4-6-13(14,15)7-5-9/h8-10H,4-7H2,1-3H3,(H,16,17). The molecular formula is C13H21F2NO3. The first-order valence-electron chi connectivity index (χ1n) is 6.53. The Morgan fingerprint density at radius 3 is 2.21 bits per heavy atom. The third kappa shape index (κ3) is 4.44. The zero-order valence-electron chi connectivity index (χ0n) is 11.5. The SMILES string of the molecule is COC(=O)C(NC(=O)C1CCC(F)(F)CC1)C(C)C. The van der Waals surface area contributed by atoms with E-state index in [-0.39, 0.29) is 37.5 Å². The van der Waals surface area contributed by atoms with Crippen molar-refractivity contribution >= 4 is 11.9 Å². The molecule has 1 unspecified atom stereocenters. The van der Waals surface area contributed by atoms with Crippen LogP contribution in [-0.4, -0.2) is 31.0 Å². The zero-order chi connectivity index (χ0) is 14.6. The van der Waals surface area contributed by atoms with Gasteiger partial charge in [-0.3, -0.25) is 4.79 Å². The first-order valence-corrected chi connectivity index (χ1v) is 6.53. The van der Waals surface area contributed by atoms with Crippen molar-refractivity contribution in [2.24, 2.45) is 11.8 Å². The van der Waals surface area contributed by atoms with Gasteiger partial charge in [-0.25, -0.2) is 13.6 Å². The summed E-state index contributed by atoms with van der Waals surface area (Å²) in [6.07, 6.45) is -0.221. The summed E-state index contributed by atoms with van der Waals surface area (Å²) in [6, 6.07) is -0.722. The molecule has 1 amide bonds. The number of amides is 1. The lowest BCUT2D eigenvalue weighted by Gasteiger charge is -2.29. The summed E-state index contributed by atoms with van der Waals surface area (Å²) >= 11 is 0. The molecule has 1 aliphatic rings. The lowest BCUT2D eigenvalue weighted by atomic mass is 9.86. The van der Waals surface area contributed by atoms with Crippen LogP contribution in [0.25, 0.3) is 0 Å². The molecule has 0 saturated heterocycles. The molecule has 0 aliphatic heterocycles. The molecule has 0 aromatic carbocycles. The second-order valence-corrected chi connectivity index (χ2v) is 5.38. The van der Waals surface area contributed by atoms with E-state index in [0.29, 0.717) is 0 Å². The Morgan fingerprint density at radius 1 is 1.26 bits per heavy atom. The van der Waals surface area contributed by atoms with Crippen LogP contribution in [0.1, 0.15) is 39.5 Å². The number of nitrogens with one attached hydrogen (secondary N) is 1. The van der Waals surface area contributed by atoms with Gasteiger partial charge in [0.1, 0.15) is 6.04 Å². The van der Waals surface area contributed by atoms with Gasteiger partial charge in [0.05, 0.1) is 7.11 Å². The molecule has 0 heterocycles. The van der Waals surface area contributed by atoms with Crippen LogP contribution < -0.4 is 5.32 Å². The molecule has 1 fully saturated rings. The zero-order valence-corrected chi connectivity index (χ0v) is 11.5. The number of alkyl halides is 2. The highest BCUT2D eigenvalue weighted by atomic mass is 19.3. The van der Waals surface area contributed by atoms with Crippen LogP contribution in [0.3, 0.4) is 0 Å². The predicted octanol–water partition coefficient (Wildman–Crippen LogP) is 2.13. The largest absolute Gasteiger partial charge is 0.467 e. The minimum absolute atomic E-state index is 0.110. The normalized spacial score (nSPS) is 20.9. The van der Waals surface area contributed by atoms with Crippen LogP contribution >= 0.6 is 0 Å². The highest BCUT2D eigenvalue weighted by Crippen LogP contribution is 2.36. The smallest absolute Gasteiger partial charge is 0.328 e. The number of hydrogen-bond donors (Lipinski definition) is 1. The second kappa shape index (κ2) is 6.30. The fraction of sp³-hybridized carbons (Fsp3) is 0.846. The minimum Gasteiger partial charge on any atom is -0.467 e. The van der Waals surface area contributed by atoms with E-state index in [1.807, 2.05) is 0 Å². The van der Waals surface area contributed by atoms with Crippen LogP contribution in [0.5, 0.6) is 0 Å². The Hall–Kier alpha value is -1.20. The summed E-state index contributed by atoms with van der Waals surface area (Å²) in [7, 11) is 1.25. The topological polar surface area (TPSA) is 55.4 Å². The Bertz CT molecular complexity index is 335. The van der Waals surface area contributed by atoms with E-state index in [1.165, 1.54) is 7.11 Å². The monoisotopic (exact) mass is 277 g/mol. The Morgan fingerprint density at radius 2 is 1.79 bits per heavy atom. The second-order valence-electron chi connectivity index (χ2n) is 5.38. The minimum atomic E-state index is -2.66. The number of ether oxygens (including phenoxy) is 1. The highest BCUT2D eigenvalue weighted by Gasteiger charge is 2.38. The number of hydrogen-bond acceptors (Lipinski definition) is 3. The van der Waals surface area contributed by atoms with Crippen molar-refractivity contribution in [3.8, 4) is 0 Å². The van der Waals surface area contributed by atoms with Gasteiger partial charge in [0, 0.05) is 18.8 Å². The number of halogens is 2. The van der Waals surface area contributed by atoms with Crippen LogP contribution in [0, 0.1) is 11.8 Å². The Labute approximate surface area is 111 Å². The van der Waals surface area contributed by atoms with Crippen LogP contribution in [0.4, 0.5) is 8.78 Å². The number of carbonyl (C=O) groups excluding carboxylic acids is 2. The summed E-state index contributed by atoms with van der Waals surface area (Å²) in [5, 5.41) is 2.61.